The van der Waals surface area contributed by atoms with Gasteiger partial charge >= 0.3 is 0 Å². The van der Waals surface area contributed by atoms with Crippen molar-refractivity contribution in [2.24, 2.45) is 0 Å². The number of nitrogens with zero attached hydrogens (tertiary/aromatic N) is 2. The Morgan fingerprint density at radius 1 is 1.10 bits per heavy atom. The lowest BCUT2D eigenvalue weighted by atomic mass is 10.2. The monoisotopic (exact) mass is 471 g/mol. The van der Waals surface area contributed by atoms with E-state index in [1.54, 1.807) is 29.1 Å². The predicted octanol–water partition coefficient (Wildman–Crippen LogP) is 6.44. The Hall–Kier alpha value is -2.80. The molecule has 0 radical (unpaired) electrons. The van der Waals surface area contributed by atoms with E-state index in [1.807, 2.05) is 48.7 Å². The zero-order valence-electron chi connectivity index (χ0n) is 16.6. The summed E-state index contributed by atoms with van der Waals surface area (Å²) in [5.41, 5.74) is 2.99. The van der Waals surface area contributed by atoms with Crippen LogP contribution >= 0.6 is 34.5 Å². The minimum Gasteiger partial charge on any atom is -0.489 e. The van der Waals surface area contributed by atoms with Gasteiger partial charge in [0, 0.05) is 17.8 Å². The summed E-state index contributed by atoms with van der Waals surface area (Å²) >= 11 is 13.4. The number of halogens is 2. The summed E-state index contributed by atoms with van der Waals surface area (Å²) in [4.78, 5) is 13.2. The van der Waals surface area contributed by atoms with Crippen molar-refractivity contribution < 1.29 is 9.53 Å². The van der Waals surface area contributed by atoms with Crippen LogP contribution in [0.1, 0.15) is 26.4 Å². The number of carbonyl (C=O) groups excluding carboxylic acids is 1. The van der Waals surface area contributed by atoms with Crippen LogP contribution < -0.4 is 10.1 Å². The highest BCUT2D eigenvalue weighted by Crippen LogP contribution is 2.23. The van der Waals surface area contributed by atoms with E-state index in [0.29, 0.717) is 33.9 Å². The number of thiophene rings is 1. The molecule has 0 aliphatic heterocycles. The highest BCUT2D eigenvalue weighted by atomic mass is 35.5. The minimum atomic E-state index is -0.202. The highest BCUT2D eigenvalue weighted by molar-refractivity contribution is 7.12. The summed E-state index contributed by atoms with van der Waals surface area (Å²) in [6.45, 7) is 2.93. The molecule has 0 saturated carbocycles. The fourth-order valence-electron chi connectivity index (χ4n) is 2.97. The fourth-order valence-corrected chi connectivity index (χ4v) is 4.08. The van der Waals surface area contributed by atoms with Crippen LogP contribution in [-0.4, -0.2) is 15.7 Å². The van der Waals surface area contributed by atoms with E-state index in [2.05, 4.69) is 10.4 Å². The summed E-state index contributed by atoms with van der Waals surface area (Å²) in [7, 11) is 0. The molecule has 158 valence electrons. The van der Waals surface area contributed by atoms with Crippen LogP contribution in [0.25, 0.3) is 0 Å². The van der Waals surface area contributed by atoms with Gasteiger partial charge in [0.2, 0.25) is 0 Å². The predicted molar refractivity (Wildman–Crippen MR) is 126 cm³/mol. The van der Waals surface area contributed by atoms with Crippen LogP contribution in [-0.2, 0) is 13.2 Å². The molecule has 4 rings (SSSR count). The first-order valence-corrected chi connectivity index (χ1v) is 11.2. The van der Waals surface area contributed by atoms with Gasteiger partial charge in [0.05, 0.1) is 21.5 Å². The number of hydrogen-bond acceptors (Lipinski definition) is 4. The van der Waals surface area contributed by atoms with Crippen LogP contribution in [0.2, 0.25) is 10.0 Å². The maximum Gasteiger partial charge on any atom is 0.266 e. The van der Waals surface area contributed by atoms with Gasteiger partial charge in [-0.1, -0.05) is 47.5 Å². The van der Waals surface area contributed by atoms with E-state index < -0.39 is 0 Å². The second-order valence-corrected chi connectivity index (χ2v) is 8.70. The molecule has 2 aromatic heterocycles. The van der Waals surface area contributed by atoms with Crippen LogP contribution in [0.3, 0.4) is 0 Å². The number of ether oxygens (including phenoxy) is 1. The van der Waals surface area contributed by atoms with Crippen molar-refractivity contribution in [3.05, 3.63) is 97.8 Å². The van der Waals surface area contributed by atoms with Crippen LogP contribution in [0, 0.1) is 6.92 Å². The molecule has 0 bridgehead atoms. The average Bonchev–Trinajstić information content (AvgIpc) is 3.40. The smallest absolute Gasteiger partial charge is 0.266 e. The second kappa shape index (κ2) is 9.56. The van der Waals surface area contributed by atoms with Gasteiger partial charge in [-0.25, -0.2) is 0 Å². The first kappa shape index (κ1) is 21.4. The zero-order valence-corrected chi connectivity index (χ0v) is 19.0. The van der Waals surface area contributed by atoms with Crippen molar-refractivity contribution in [1.82, 2.24) is 9.78 Å². The lowest BCUT2D eigenvalue weighted by molar-refractivity contribution is 0.103. The van der Waals surface area contributed by atoms with Crippen LogP contribution in [0.15, 0.2) is 66.2 Å². The number of aromatic nitrogens is 2. The lowest BCUT2D eigenvalue weighted by Gasteiger charge is -2.07. The van der Waals surface area contributed by atoms with Gasteiger partial charge in [0.1, 0.15) is 12.4 Å². The van der Waals surface area contributed by atoms with E-state index in [1.165, 1.54) is 11.3 Å². The maximum atomic E-state index is 12.6. The van der Waals surface area contributed by atoms with Crippen molar-refractivity contribution in [3.63, 3.8) is 0 Å². The molecule has 5 nitrogen and oxygen atoms in total. The van der Waals surface area contributed by atoms with Crippen molar-refractivity contribution in [2.45, 2.75) is 20.1 Å². The number of amides is 1. The number of benzene rings is 2. The molecule has 4 aromatic rings. The molecule has 0 unspecified atom stereocenters. The van der Waals surface area contributed by atoms with Gasteiger partial charge in [-0.2, -0.15) is 5.10 Å². The quantitative estimate of drug-likeness (QED) is 0.337. The fraction of sp³-hybridized carbons (Fsp3) is 0.130. The summed E-state index contributed by atoms with van der Waals surface area (Å²) in [6.07, 6.45) is 1.80. The molecule has 8 heteroatoms. The summed E-state index contributed by atoms with van der Waals surface area (Å²) in [5, 5.41) is 10.2. The standard InChI is InChI=1S/C23H19Cl2N3O2S/c1-15-4-2-3-5-20(15)30-13-17-11-21(31-14-17)23(29)26-22-8-9-28(27-22)12-16-6-7-18(24)19(25)10-16/h2-11,14H,12-13H2,1H3,(H,26,27,29). The van der Waals surface area contributed by atoms with E-state index in [-0.39, 0.29) is 5.91 Å². The Morgan fingerprint density at radius 3 is 2.74 bits per heavy atom. The summed E-state index contributed by atoms with van der Waals surface area (Å²) < 4.78 is 7.58. The average molecular weight is 472 g/mol. The number of anilines is 1. The largest absolute Gasteiger partial charge is 0.489 e. The number of rotatable bonds is 7. The zero-order chi connectivity index (χ0) is 21.8. The van der Waals surface area contributed by atoms with Crippen LogP contribution in [0.5, 0.6) is 5.75 Å². The normalized spacial score (nSPS) is 10.8. The Labute approximate surface area is 194 Å². The number of hydrogen-bond donors (Lipinski definition) is 1. The lowest BCUT2D eigenvalue weighted by Crippen LogP contribution is -2.11. The van der Waals surface area contributed by atoms with E-state index in [4.69, 9.17) is 27.9 Å². The van der Waals surface area contributed by atoms with Gasteiger partial charge in [-0.05, 0) is 47.7 Å². The van der Waals surface area contributed by atoms with Gasteiger partial charge < -0.3 is 10.1 Å². The van der Waals surface area contributed by atoms with E-state index >= 15 is 0 Å². The number of nitrogens with one attached hydrogen (secondary N) is 1. The number of aryl methyl sites for hydroxylation is 1. The third-order valence-corrected chi connectivity index (χ3v) is 6.29. The van der Waals surface area contributed by atoms with Gasteiger partial charge in [-0.15, -0.1) is 11.3 Å². The molecular weight excluding hydrogens is 453 g/mol. The Bertz CT molecular complexity index is 1220. The van der Waals surface area contributed by atoms with Gasteiger partial charge in [0.15, 0.2) is 5.82 Å². The molecule has 31 heavy (non-hydrogen) atoms. The third kappa shape index (κ3) is 5.47. The van der Waals surface area contributed by atoms with Crippen molar-refractivity contribution in [2.75, 3.05) is 5.32 Å². The summed E-state index contributed by atoms with van der Waals surface area (Å²) in [6, 6.07) is 16.9. The molecule has 0 aliphatic carbocycles. The Balaban J connectivity index is 1.34. The highest BCUT2D eigenvalue weighted by Gasteiger charge is 2.12. The molecule has 2 aromatic carbocycles. The SMILES string of the molecule is Cc1ccccc1OCc1csc(C(=O)Nc2ccn(Cc3ccc(Cl)c(Cl)c3)n2)c1. The third-order valence-electron chi connectivity index (χ3n) is 4.58. The molecule has 1 N–H and O–H groups in total. The molecule has 0 saturated heterocycles. The topological polar surface area (TPSA) is 56.1 Å². The molecule has 2 heterocycles. The molecule has 0 spiro atoms. The molecule has 0 aliphatic rings. The Morgan fingerprint density at radius 2 is 1.94 bits per heavy atom. The van der Waals surface area contributed by atoms with Crippen molar-refractivity contribution in [1.29, 1.82) is 0 Å². The number of para-hydroxylation sites is 1. The van der Waals surface area contributed by atoms with E-state index in [9.17, 15) is 4.79 Å². The van der Waals surface area contributed by atoms with Gasteiger partial charge in [0.25, 0.3) is 5.91 Å². The molecule has 0 fully saturated rings. The van der Waals surface area contributed by atoms with E-state index in [0.717, 1.165) is 22.4 Å². The Kier molecular flexibility index (Phi) is 6.61. The maximum absolute atomic E-state index is 12.6. The first-order chi connectivity index (χ1) is 15.0. The van der Waals surface area contributed by atoms with Crippen molar-refractivity contribution in [3.8, 4) is 5.75 Å². The van der Waals surface area contributed by atoms with Gasteiger partial charge in [-0.3, -0.25) is 9.48 Å². The minimum absolute atomic E-state index is 0.202. The molecular formula is C23H19Cl2N3O2S. The second-order valence-electron chi connectivity index (χ2n) is 6.97. The molecule has 0 atom stereocenters. The van der Waals surface area contributed by atoms with Crippen LogP contribution in [0.4, 0.5) is 5.82 Å². The summed E-state index contributed by atoms with van der Waals surface area (Å²) in [5.74, 6) is 1.12. The number of carbonyl (C=O) groups is 1. The molecule has 1 amide bonds. The van der Waals surface area contributed by atoms with Crippen molar-refractivity contribution >= 4 is 46.3 Å². The first-order valence-electron chi connectivity index (χ1n) is 9.52.